The van der Waals surface area contributed by atoms with E-state index in [1.807, 2.05) is 38.1 Å². The molecule has 0 radical (unpaired) electrons. The Morgan fingerprint density at radius 2 is 2.04 bits per heavy atom. The van der Waals surface area contributed by atoms with Crippen LogP contribution in [0.15, 0.2) is 24.3 Å². The predicted octanol–water partition coefficient (Wildman–Crippen LogP) is 3.69. The number of hydrogen-bond acceptors (Lipinski definition) is 3. The lowest BCUT2D eigenvalue weighted by Crippen LogP contribution is -2.39. The van der Waals surface area contributed by atoms with Gasteiger partial charge in [0.1, 0.15) is 0 Å². The lowest BCUT2D eigenvalue weighted by atomic mass is 9.86. The van der Waals surface area contributed by atoms with Gasteiger partial charge >= 0.3 is 0 Å². The van der Waals surface area contributed by atoms with Crippen LogP contribution in [0, 0.1) is 11.3 Å². The highest BCUT2D eigenvalue weighted by molar-refractivity contribution is 5.90. The molecule has 2 rings (SSSR count). The van der Waals surface area contributed by atoms with Gasteiger partial charge in [0.2, 0.25) is 5.91 Å². The summed E-state index contributed by atoms with van der Waals surface area (Å²) in [6.07, 6.45) is 4.30. The molecule has 4 heteroatoms. The van der Waals surface area contributed by atoms with Crippen LogP contribution in [0.4, 0.5) is 5.69 Å². The molecule has 1 aliphatic heterocycles. The van der Waals surface area contributed by atoms with E-state index in [2.05, 4.69) is 23.2 Å². The number of carbonyl (C=O) groups excluding carboxylic acids is 1. The van der Waals surface area contributed by atoms with Crippen LogP contribution in [-0.2, 0) is 10.2 Å². The average molecular weight is 313 g/mol. The molecule has 0 aliphatic carbocycles. The molecule has 0 saturated carbocycles. The van der Waals surface area contributed by atoms with E-state index in [4.69, 9.17) is 5.26 Å². The third-order valence-corrected chi connectivity index (χ3v) is 4.74. The third kappa shape index (κ3) is 4.80. The van der Waals surface area contributed by atoms with Crippen molar-refractivity contribution >= 4 is 11.6 Å². The van der Waals surface area contributed by atoms with E-state index in [-0.39, 0.29) is 5.91 Å². The summed E-state index contributed by atoms with van der Waals surface area (Å²) in [4.78, 5) is 14.5. The van der Waals surface area contributed by atoms with E-state index in [0.717, 1.165) is 24.3 Å². The summed E-state index contributed by atoms with van der Waals surface area (Å²) in [5, 5.41) is 12.1. The molecular weight excluding hydrogens is 286 g/mol. The molecule has 1 aromatic rings. The first kappa shape index (κ1) is 17.5. The second-order valence-electron chi connectivity index (χ2n) is 6.99. The Morgan fingerprint density at radius 3 is 2.65 bits per heavy atom. The van der Waals surface area contributed by atoms with Gasteiger partial charge in [-0.15, -0.1) is 0 Å². The number of amides is 1. The summed E-state index contributed by atoms with van der Waals surface area (Å²) in [6, 6.07) is 10.4. The first-order valence-electron chi connectivity index (χ1n) is 8.48. The van der Waals surface area contributed by atoms with Gasteiger partial charge in [-0.05, 0) is 57.9 Å². The summed E-state index contributed by atoms with van der Waals surface area (Å²) in [6.45, 7) is 7.95. The van der Waals surface area contributed by atoms with Gasteiger partial charge in [-0.3, -0.25) is 4.79 Å². The van der Waals surface area contributed by atoms with Crippen molar-refractivity contribution in [3.63, 3.8) is 0 Å². The first-order valence-corrected chi connectivity index (χ1v) is 8.48. The quantitative estimate of drug-likeness (QED) is 0.902. The molecule has 23 heavy (non-hydrogen) atoms. The Bertz CT molecular complexity index is 571. The normalized spacial score (nSPS) is 19.1. The van der Waals surface area contributed by atoms with Crippen LogP contribution in [0.25, 0.3) is 0 Å². The zero-order valence-corrected chi connectivity index (χ0v) is 14.4. The van der Waals surface area contributed by atoms with Gasteiger partial charge in [-0.2, -0.15) is 5.26 Å². The van der Waals surface area contributed by atoms with E-state index >= 15 is 0 Å². The topological polar surface area (TPSA) is 56.1 Å². The lowest BCUT2D eigenvalue weighted by Gasteiger charge is -2.33. The highest BCUT2D eigenvalue weighted by atomic mass is 16.1. The molecule has 1 aliphatic rings. The maximum absolute atomic E-state index is 12.1. The fourth-order valence-electron chi connectivity index (χ4n) is 2.99. The molecule has 1 fully saturated rings. The van der Waals surface area contributed by atoms with Crippen LogP contribution in [0.3, 0.4) is 0 Å². The molecule has 0 spiro atoms. The van der Waals surface area contributed by atoms with Crippen molar-refractivity contribution in [2.24, 2.45) is 0 Å². The summed E-state index contributed by atoms with van der Waals surface area (Å²) < 4.78 is 0. The van der Waals surface area contributed by atoms with Gasteiger partial charge in [-0.25, -0.2) is 0 Å². The fraction of sp³-hybridized carbons (Fsp3) is 0.579. The average Bonchev–Trinajstić information content (AvgIpc) is 2.54. The van der Waals surface area contributed by atoms with Gasteiger partial charge in [-0.1, -0.05) is 18.6 Å². The summed E-state index contributed by atoms with van der Waals surface area (Å²) >= 11 is 0. The van der Waals surface area contributed by atoms with E-state index in [1.165, 1.54) is 19.3 Å². The SMILES string of the molecule is C[C@H]1CCCCN1CCC(=O)Nc1ccc(C(C)(C)C#N)cc1. The molecule has 1 N–H and O–H groups in total. The highest BCUT2D eigenvalue weighted by Crippen LogP contribution is 2.23. The van der Waals surface area contributed by atoms with Crippen molar-refractivity contribution in [2.75, 3.05) is 18.4 Å². The number of anilines is 1. The Balaban J connectivity index is 1.84. The smallest absolute Gasteiger partial charge is 0.225 e. The minimum Gasteiger partial charge on any atom is -0.326 e. The second-order valence-corrected chi connectivity index (χ2v) is 6.99. The number of hydrogen-bond donors (Lipinski definition) is 1. The van der Waals surface area contributed by atoms with Crippen molar-refractivity contribution in [1.82, 2.24) is 4.90 Å². The highest BCUT2D eigenvalue weighted by Gasteiger charge is 2.20. The number of nitrogens with one attached hydrogen (secondary N) is 1. The first-order chi connectivity index (χ1) is 10.9. The lowest BCUT2D eigenvalue weighted by molar-refractivity contribution is -0.116. The van der Waals surface area contributed by atoms with Crippen LogP contribution >= 0.6 is 0 Å². The van der Waals surface area contributed by atoms with E-state index < -0.39 is 5.41 Å². The Labute approximate surface area is 139 Å². The molecule has 0 unspecified atom stereocenters. The number of benzene rings is 1. The van der Waals surface area contributed by atoms with Crippen LogP contribution < -0.4 is 5.32 Å². The monoisotopic (exact) mass is 313 g/mol. The number of likely N-dealkylation sites (tertiary alicyclic amines) is 1. The molecule has 1 heterocycles. The molecule has 124 valence electrons. The van der Waals surface area contributed by atoms with E-state index in [1.54, 1.807) is 0 Å². The molecule has 1 atom stereocenters. The Hall–Kier alpha value is -1.86. The third-order valence-electron chi connectivity index (χ3n) is 4.74. The van der Waals surface area contributed by atoms with Crippen LogP contribution in [0.5, 0.6) is 0 Å². The van der Waals surface area contributed by atoms with Crippen LogP contribution in [0.1, 0.15) is 52.0 Å². The molecular formula is C19H27N3O. The van der Waals surface area contributed by atoms with Gasteiger partial charge < -0.3 is 10.2 Å². The minimum atomic E-state index is -0.507. The Kier molecular flexibility index (Phi) is 5.79. The number of piperidine rings is 1. The molecule has 1 saturated heterocycles. The van der Waals surface area contributed by atoms with Gasteiger partial charge in [0.15, 0.2) is 0 Å². The Morgan fingerprint density at radius 1 is 1.35 bits per heavy atom. The standard InChI is InChI=1S/C19H27N3O/c1-15-6-4-5-12-22(15)13-11-18(23)21-17-9-7-16(8-10-17)19(2,3)14-20/h7-10,15H,4-6,11-13H2,1-3H3,(H,21,23)/t15-/m0/s1. The van der Waals surface area contributed by atoms with Crippen molar-refractivity contribution in [1.29, 1.82) is 5.26 Å². The van der Waals surface area contributed by atoms with Crippen LogP contribution in [-0.4, -0.2) is 29.9 Å². The number of rotatable bonds is 5. The summed E-state index contributed by atoms with van der Waals surface area (Å²) in [5.74, 6) is 0.0510. The largest absolute Gasteiger partial charge is 0.326 e. The van der Waals surface area contributed by atoms with Crippen molar-refractivity contribution in [2.45, 2.75) is 57.9 Å². The maximum atomic E-state index is 12.1. The maximum Gasteiger partial charge on any atom is 0.225 e. The number of nitrogens with zero attached hydrogens (tertiary/aromatic N) is 2. The van der Waals surface area contributed by atoms with Crippen LogP contribution in [0.2, 0.25) is 0 Å². The van der Waals surface area contributed by atoms with Gasteiger partial charge in [0, 0.05) is 24.7 Å². The number of nitriles is 1. The zero-order chi connectivity index (χ0) is 16.9. The minimum absolute atomic E-state index is 0.0510. The fourth-order valence-corrected chi connectivity index (χ4v) is 2.99. The molecule has 1 aromatic carbocycles. The molecule has 0 bridgehead atoms. The summed E-state index contributed by atoms with van der Waals surface area (Å²) in [7, 11) is 0. The van der Waals surface area contributed by atoms with Gasteiger partial charge in [0.25, 0.3) is 0 Å². The van der Waals surface area contributed by atoms with E-state index in [9.17, 15) is 4.79 Å². The zero-order valence-electron chi connectivity index (χ0n) is 14.4. The van der Waals surface area contributed by atoms with Crippen molar-refractivity contribution in [3.8, 4) is 6.07 Å². The predicted molar refractivity (Wildman–Crippen MR) is 93.2 cm³/mol. The molecule has 0 aromatic heterocycles. The van der Waals surface area contributed by atoms with Crippen molar-refractivity contribution in [3.05, 3.63) is 29.8 Å². The van der Waals surface area contributed by atoms with Crippen molar-refractivity contribution < 1.29 is 4.79 Å². The van der Waals surface area contributed by atoms with Gasteiger partial charge in [0.05, 0.1) is 11.5 Å². The molecule has 1 amide bonds. The summed E-state index contributed by atoms with van der Waals surface area (Å²) in [5.41, 5.74) is 1.24. The van der Waals surface area contributed by atoms with E-state index in [0.29, 0.717) is 12.5 Å². The number of carbonyl (C=O) groups is 1. The second kappa shape index (κ2) is 7.61. The molecule has 4 nitrogen and oxygen atoms in total.